The number of rotatable bonds is 10. The van der Waals surface area contributed by atoms with Gasteiger partial charge in [0.2, 0.25) is 5.91 Å². The van der Waals surface area contributed by atoms with Gasteiger partial charge in [0.25, 0.3) is 11.6 Å². The molecular formula is C32H30FN3O7. The lowest BCUT2D eigenvalue weighted by Crippen LogP contribution is -2.45. The standard InChI is InChI=1S/C32H30FN3O7/c1-21-8-11-23(15-28(21)36(40)41)32(39)35(18-26-5-4-14-42-26)19-30(37)34(16-22-9-12-25(33)13-10-22)17-24-20-43-29-7-3-2-6-27(29)31(24)38/h2-3,6-13,15,20,26H,4-5,14,16-19H2,1H3. The van der Waals surface area contributed by atoms with Crippen molar-refractivity contribution >= 4 is 28.5 Å². The Balaban J connectivity index is 1.46. The van der Waals surface area contributed by atoms with E-state index in [1.807, 2.05) is 0 Å². The second-order valence-corrected chi connectivity index (χ2v) is 10.5. The summed E-state index contributed by atoms with van der Waals surface area (Å²) in [6, 6.07) is 16.6. The highest BCUT2D eigenvalue weighted by Gasteiger charge is 2.29. The highest BCUT2D eigenvalue weighted by Crippen LogP contribution is 2.22. The molecule has 0 spiro atoms. The van der Waals surface area contributed by atoms with Crippen LogP contribution in [0.5, 0.6) is 0 Å². The number of hydrogen-bond donors (Lipinski definition) is 0. The summed E-state index contributed by atoms with van der Waals surface area (Å²) in [4.78, 5) is 54.6. The number of nitro groups is 1. The van der Waals surface area contributed by atoms with Gasteiger partial charge in [-0.05, 0) is 55.7 Å². The second-order valence-electron chi connectivity index (χ2n) is 10.5. The Bertz CT molecular complexity index is 1710. The monoisotopic (exact) mass is 587 g/mol. The van der Waals surface area contributed by atoms with Crippen molar-refractivity contribution in [3.8, 4) is 0 Å². The van der Waals surface area contributed by atoms with Crippen molar-refractivity contribution in [1.29, 1.82) is 0 Å². The first-order chi connectivity index (χ1) is 20.7. The maximum atomic E-state index is 13.9. The molecule has 0 bridgehead atoms. The van der Waals surface area contributed by atoms with Crippen molar-refractivity contribution in [2.24, 2.45) is 0 Å². The molecule has 10 nitrogen and oxygen atoms in total. The molecule has 3 aromatic carbocycles. The molecule has 4 aromatic rings. The van der Waals surface area contributed by atoms with Gasteiger partial charge in [-0.1, -0.05) is 30.3 Å². The van der Waals surface area contributed by atoms with Gasteiger partial charge in [-0.25, -0.2) is 4.39 Å². The average Bonchev–Trinajstić information content (AvgIpc) is 3.52. The Labute approximate surface area is 246 Å². The Hall–Kier alpha value is -4.90. The molecule has 0 saturated carbocycles. The Morgan fingerprint density at radius 3 is 2.53 bits per heavy atom. The van der Waals surface area contributed by atoms with Crippen LogP contribution >= 0.6 is 0 Å². The van der Waals surface area contributed by atoms with E-state index < -0.39 is 22.6 Å². The Morgan fingerprint density at radius 2 is 1.81 bits per heavy atom. The van der Waals surface area contributed by atoms with Crippen LogP contribution in [0.2, 0.25) is 0 Å². The van der Waals surface area contributed by atoms with Crippen LogP contribution in [0, 0.1) is 22.9 Å². The Kier molecular flexibility index (Phi) is 8.91. The topological polar surface area (TPSA) is 123 Å². The SMILES string of the molecule is Cc1ccc(C(=O)N(CC(=O)N(Cc2ccc(F)cc2)Cc2coc3ccccc3c2=O)CC2CCCO2)cc1[N+](=O)[O-]. The molecule has 11 heteroatoms. The number of ether oxygens (including phenoxy) is 1. The van der Waals surface area contributed by atoms with E-state index >= 15 is 0 Å². The molecule has 1 aliphatic heterocycles. The zero-order valence-electron chi connectivity index (χ0n) is 23.5. The van der Waals surface area contributed by atoms with E-state index in [0.29, 0.717) is 35.1 Å². The summed E-state index contributed by atoms with van der Waals surface area (Å²) in [6.07, 6.45) is 2.53. The van der Waals surface area contributed by atoms with Crippen molar-refractivity contribution in [2.75, 3.05) is 19.7 Å². The fraction of sp³-hybridized carbons (Fsp3) is 0.281. The first-order valence-electron chi connectivity index (χ1n) is 13.9. The van der Waals surface area contributed by atoms with Gasteiger partial charge in [0, 0.05) is 36.9 Å². The third-order valence-corrected chi connectivity index (χ3v) is 7.47. The summed E-state index contributed by atoms with van der Waals surface area (Å²) < 4.78 is 25.0. The minimum atomic E-state index is -0.557. The number of aryl methyl sites for hydroxylation is 1. The largest absolute Gasteiger partial charge is 0.464 e. The lowest BCUT2D eigenvalue weighted by atomic mass is 10.1. The molecule has 5 rings (SSSR count). The maximum absolute atomic E-state index is 13.9. The fourth-order valence-corrected chi connectivity index (χ4v) is 5.11. The number of nitrogens with zero attached hydrogens (tertiary/aromatic N) is 3. The van der Waals surface area contributed by atoms with Crippen LogP contribution in [0.4, 0.5) is 10.1 Å². The highest BCUT2D eigenvalue weighted by molar-refractivity contribution is 5.97. The van der Waals surface area contributed by atoms with Crippen molar-refractivity contribution < 1.29 is 28.1 Å². The molecule has 1 fully saturated rings. The smallest absolute Gasteiger partial charge is 0.273 e. The van der Waals surface area contributed by atoms with E-state index in [-0.39, 0.29) is 54.5 Å². The predicted molar refractivity (Wildman–Crippen MR) is 156 cm³/mol. The minimum Gasteiger partial charge on any atom is -0.464 e. The Morgan fingerprint density at radius 1 is 1.05 bits per heavy atom. The van der Waals surface area contributed by atoms with E-state index in [0.717, 1.165) is 6.42 Å². The summed E-state index contributed by atoms with van der Waals surface area (Å²) in [5, 5.41) is 11.9. The molecule has 2 amide bonds. The van der Waals surface area contributed by atoms with Crippen LogP contribution in [-0.4, -0.2) is 52.3 Å². The van der Waals surface area contributed by atoms with Crippen molar-refractivity contribution in [3.63, 3.8) is 0 Å². The second kappa shape index (κ2) is 13.0. The van der Waals surface area contributed by atoms with Crippen LogP contribution in [-0.2, 0) is 22.6 Å². The minimum absolute atomic E-state index is 0.0311. The van der Waals surface area contributed by atoms with E-state index in [1.54, 1.807) is 43.3 Å². The van der Waals surface area contributed by atoms with Gasteiger partial charge in [0.15, 0.2) is 5.43 Å². The molecule has 0 aliphatic carbocycles. The van der Waals surface area contributed by atoms with E-state index in [1.165, 1.54) is 46.4 Å². The third-order valence-electron chi connectivity index (χ3n) is 7.47. The van der Waals surface area contributed by atoms with Crippen molar-refractivity contribution in [3.05, 3.63) is 121 Å². The first kappa shape index (κ1) is 29.6. The highest BCUT2D eigenvalue weighted by atomic mass is 19.1. The molecule has 1 unspecified atom stereocenters. The number of carbonyl (C=O) groups excluding carboxylic acids is 2. The lowest BCUT2D eigenvalue weighted by Gasteiger charge is -2.29. The number of para-hydroxylation sites is 1. The van der Waals surface area contributed by atoms with E-state index in [2.05, 4.69) is 0 Å². The normalized spacial score (nSPS) is 14.5. The fourth-order valence-electron chi connectivity index (χ4n) is 5.11. The summed E-state index contributed by atoms with van der Waals surface area (Å²) in [7, 11) is 0. The van der Waals surface area contributed by atoms with Gasteiger partial charge in [-0.3, -0.25) is 24.5 Å². The molecular weight excluding hydrogens is 557 g/mol. The molecule has 1 aliphatic rings. The van der Waals surface area contributed by atoms with E-state index in [4.69, 9.17) is 9.15 Å². The van der Waals surface area contributed by atoms with Crippen molar-refractivity contribution in [2.45, 2.75) is 39.0 Å². The van der Waals surface area contributed by atoms with Gasteiger partial charge in [0.05, 0.1) is 34.8 Å². The number of hydrogen-bond acceptors (Lipinski definition) is 7. The number of halogens is 1. The molecule has 222 valence electrons. The molecule has 43 heavy (non-hydrogen) atoms. The number of benzene rings is 3. The molecule has 1 aromatic heterocycles. The maximum Gasteiger partial charge on any atom is 0.273 e. The molecule has 2 heterocycles. The van der Waals surface area contributed by atoms with Gasteiger partial charge >= 0.3 is 0 Å². The van der Waals surface area contributed by atoms with Crippen LogP contribution in [0.1, 0.15) is 39.9 Å². The van der Waals surface area contributed by atoms with E-state index in [9.17, 15) is 28.9 Å². The number of fused-ring (bicyclic) bond motifs is 1. The first-order valence-corrected chi connectivity index (χ1v) is 13.9. The molecule has 0 radical (unpaired) electrons. The number of carbonyl (C=O) groups is 2. The van der Waals surface area contributed by atoms with Gasteiger partial charge < -0.3 is 19.0 Å². The summed E-state index contributed by atoms with van der Waals surface area (Å²) in [5.74, 6) is -1.47. The quantitative estimate of drug-likeness (QED) is 0.189. The van der Waals surface area contributed by atoms with Crippen LogP contribution in [0.3, 0.4) is 0 Å². The molecule has 1 saturated heterocycles. The van der Waals surface area contributed by atoms with Gasteiger partial charge in [0.1, 0.15) is 17.9 Å². The zero-order chi connectivity index (χ0) is 30.5. The van der Waals surface area contributed by atoms with Gasteiger partial charge in [-0.2, -0.15) is 0 Å². The molecule has 1 atom stereocenters. The van der Waals surface area contributed by atoms with Crippen LogP contribution < -0.4 is 5.43 Å². The van der Waals surface area contributed by atoms with Crippen LogP contribution in [0.15, 0.2) is 82.2 Å². The van der Waals surface area contributed by atoms with Crippen LogP contribution in [0.25, 0.3) is 11.0 Å². The summed E-state index contributed by atoms with van der Waals surface area (Å²) in [5.41, 5.74) is 1.25. The third kappa shape index (κ3) is 6.95. The number of amides is 2. The lowest BCUT2D eigenvalue weighted by molar-refractivity contribution is -0.385. The van der Waals surface area contributed by atoms with Crippen molar-refractivity contribution in [1.82, 2.24) is 9.80 Å². The molecule has 0 N–H and O–H groups in total. The summed E-state index contributed by atoms with van der Waals surface area (Å²) in [6.45, 7) is 1.75. The van der Waals surface area contributed by atoms with Gasteiger partial charge in [-0.15, -0.1) is 0 Å². The predicted octanol–water partition coefficient (Wildman–Crippen LogP) is 5.00. The average molecular weight is 588 g/mol. The number of nitro benzene ring substituents is 1. The zero-order valence-corrected chi connectivity index (χ0v) is 23.5. The summed E-state index contributed by atoms with van der Waals surface area (Å²) >= 11 is 0.